The zero-order chi connectivity index (χ0) is 9.52. The first kappa shape index (κ1) is 10.6. The van der Waals surface area contributed by atoms with E-state index in [0.29, 0.717) is 5.92 Å². The number of hydrogen-bond donors (Lipinski definition) is 1. The smallest absolute Gasteiger partial charge is 0.220 e. The molecule has 76 valence electrons. The van der Waals surface area contributed by atoms with E-state index in [1.54, 1.807) is 0 Å². The fourth-order valence-corrected chi connectivity index (χ4v) is 1.91. The van der Waals surface area contributed by atoms with Crippen molar-refractivity contribution in [2.45, 2.75) is 51.9 Å². The molecule has 0 aliphatic carbocycles. The molecule has 0 spiro atoms. The molecular formula is C11H21NO. The van der Waals surface area contributed by atoms with Gasteiger partial charge in [-0.3, -0.25) is 4.79 Å². The number of amides is 1. The van der Waals surface area contributed by atoms with E-state index in [-0.39, 0.29) is 5.91 Å². The monoisotopic (exact) mass is 183 g/mol. The summed E-state index contributed by atoms with van der Waals surface area (Å²) in [5, 5.41) is 2.88. The van der Waals surface area contributed by atoms with Crippen LogP contribution >= 0.6 is 0 Å². The number of rotatable bonds is 6. The summed E-state index contributed by atoms with van der Waals surface area (Å²) in [5.74, 6) is 0.882. The molecule has 1 aliphatic heterocycles. The maximum absolute atomic E-state index is 10.9. The van der Waals surface area contributed by atoms with E-state index in [0.717, 1.165) is 13.0 Å². The summed E-state index contributed by atoms with van der Waals surface area (Å²) < 4.78 is 0. The molecule has 0 aromatic rings. The number of nitrogens with one attached hydrogen (secondary N) is 1. The Morgan fingerprint density at radius 1 is 1.31 bits per heavy atom. The molecule has 1 aliphatic rings. The first-order valence-electron chi connectivity index (χ1n) is 5.59. The molecule has 0 aromatic heterocycles. The minimum absolute atomic E-state index is 0.249. The molecule has 2 heteroatoms. The molecule has 2 nitrogen and oxygen atoms in total. The Labute approximate surface area is 81.1 Å². The van der Waals surface area contributed by atoms with Crippen LogP contribution in [0.1, 0.15) is 51.9 Å². The highest BCUT2D eigenvalue weighted by Crippen LogP contribution is 2.17. The van der Waals surface area contributed by atoms with Crippen molar-refractivity contribution in [3.8, 4) is 0 Å². The Kier molecular flexibility index (Phi) is 4.87. The summed E-state index contributed by atoms with van der Waals surface area (Å²) in [6, 6.07) is 0. The van der Waals surface area contributed by atoms with Crippen LogP contribution in [0.3, 0.4) is 0 Å². The second-order valence-corrected chi connectivity index (χ2v) is 4.08. The van der Waals surface area contributed by atoms with Crippen molar-refractivity contribution in [3.05, 3.63) is 0 Å². The lowest BCUT2D eigenvalue weighted by atomic mass is 10.00. The fraction of sp³-hybridized carbons (Fsp3) is 0.909. The highest BCUT2D eigenvalue weighted by atomic mass is 16.1. The quantitative estimate of drug-likeness (QED) is 0.630. The molecule has 0 bridgehead atoms. The van der Waals surface area contributed by atoms with Gasteiger partial charge in [-0.2, -0.15) is 0 Å². The van der Waals surface area contributed by atoms with Crippen molar-refractivity contribution in [2.75, 3.05) is 6.54 Å². The first-order valence-corrected chi connectivity index (χ1v) is 5.59. The van der Waals surface area contributed by atoms with E-state index in [2.05, 4.69) is 12.2 Å². The Morgan fingerprint density at radius 2 is 2.08 bits per heavy atom. The largest absolute Gasteiger partial charge is 0.356 e. The lowest BCUT2D eigenvalue weighted by molar-refractivity contribution is -0.119. The molecule has 1 rings (SSSR count). The zero-order valence-corrected chi connectivity index (χ0v) is 8.64. The summed E-state index contributed by atoms with van der Waals surface area (Å²) in [6.45, 7) is 3.16. The summed E-state index contributed by atoms with van der Waals surface area (Å²) in [5.41, 5.74) is 0. The minimum atomic E-state index is 0.249. The van der Waals surface area contributed by atoms with Crippen LogP contribution in [-0.2, 0) is 4.79 Å². The lowest BCUT2D eigenvalue weighted by Gasteiger charge is -2.05. The Bertz CT molecular complexity index is 156. The van der Waals surface area contributed by atoms with Crippen LogP contribution in [0.25, 0.3) is 0 Å². The first-order chi connectivity index (χ1) is 6.33. The molecule has 1 saturated heterocycles. The highest BCUT2D eigenvalue weighted by molar-refractivity contribution is 5.78. The second-order valence-electron chi connectivity index (χ2n) is 4.08. The second kappa shape index (κ2) is 6.01. The standard InChI is InChI=1S/C11H21NO/c1-2-3-4-5-6-7-10-8-11(13)12-9-10/h10H,2-9H2,1H3,(H,12,13). The van der Waals surface area contributed by atoms with Crippen LogP contribution < -0.4 is 5.32 Å². The van der Waals surface area contributed by atoms with Gasteiger partial charge in [0, 0.05) is 13.0 Å². The number of hydrogen-bond acceptors (Lipinski definition) is 1. The van der Waals surface area contributed by atoms with Crippen molar-refractivity contribution in [1.82, 2.24) is 5.32 Å². The van der Waals surface area contributed by atoms with Gasteiger partial charge in [0.1, 0.15) is 0 Å². The molecule has 1 atom stereocenters. The van der Waals surface area contributed by atoms with E-state index in [9.17, 15) is 4.79 Å². The van der Waals surface area contributed by atoms with Gasteiger partial charge in [0.25, 0.3) is 0 Å². The predicted molar refractivity (Wildman–Crippen MR) is 54.5 cm³/mol. The highest BCUT2D eigenvalue weighted by Gasteiger charge is 2.20. The van der Waals surface area contributed by atoms with Gasteiger partial charge < -0.3 is 5.32 Å². The number of carbonyl (C=O) groups excluding carboxylic acids is 1. The van der Waals surface area contributed by atoms with Gasteiger partial charge in [0.05, 0.1) is 0 Å². The van der Waals surface area contributed by atoms with Crippen LogP contribution in [0.15, 0.2) is 0 Å². The van der Waals surface area contributed by atoms with Crippen molar-refractivity contribution < 1.29 is 4.79 Å². The number of unbranched alkanes of at least 4 members (excludes halogenated alkanes) is 4. The van der Waals surface area contributed by atoms with Gasteiger partial charge in [0.15, 0.2) is 0 Å². The third kappa shape index (κ3) is 4.30. The molecule has 0 saturated carbocycles. The summed E-state index contributed by atoms with van der Waals surface area (Å²) in [7, 11) is 0. The third-order valence-corrected chi connectivity index (χ3v) is 2.78. The fourth-order valence-electron chi connectivity index (χ4n) is 1.91. The molecule has 0 radical (unpaired) electrons. The average Bonchev–Trinajstić information content (AvgIpc) is 2.51. The van der Waals surface area contributed by atoms with Gasteiger partial charge in [-0.1, -0.05) is 39.0 Å². The van der Waals surface area contributed by atoms with Crippen LogP contribution in [0.4, 0.5) is 0 Å². The van der Waals surface area contributed by atoms with Gasteiger partial charge in [0.2, 0.25) is 5.91 Å². The van der Waals surface area contributed by atoms with E-state index >= 15 is 0 Å². The topological polar surface area (TPSA) is 29.1 Å². The molecule has 13 heavy (non-hydrogen) atoms. The lowest BCUT2D eigenvalue weighted by Crippen LogP contribution is -2.13. The normalized spacial score (nSPS) is 21.9. The Hall–Kier alpha value is -0.530. The SMILES string of the molecule is CCCCCCCC1CNC(=O)C1. The van der Waals surface area contributed by atoms with Crippen LogP contribution in [0.5, 0.6) is 0 Å². The Balaban J connectivity index is 1.91. The van der Waals surface area contributed by atoms with Gasteiger partial charge in [-0.25, -0.2) is 0 Å². The molecule has 1 N–H and O–H groups in total. The van der Waals surface area contributed by atoms with Crippen LogP contribution in [0.2, 0.25) is 0 Å². The molecule has 1 unspecified atom stereocenters. The summed E-state index contributed by atoms with van der Waals surface area (Å²) >= 11 is 0. The van der Waals surface area contributed by atoms with Crippen molar-refractivity contribution in [3.63, 3.8) is 0 Å². The number of carbonyl (C=O) groups is 1. The third-order valence-electron chi connectivity index (χ3n) is 2.78. The zero-order valence-electron chi connectivity index (χ0n) is 8.64. The Morgan fingerprint density at radius 3 is 2.69 bits per heavy atom. The molecule has 0 aromatic carbocycles. The summed E-state index contributed by atoms with van der Waals surface area (Å²) in [6.07, 6.45) is 8.70. The van der Waals surface area contributed by atoms with Gasteiger partial charge in [-0.05, 0) is 12.3 Å². The maximum Gasteiger partial charge on any atom is 0.220 e. The molecule has 1 amide bonds. The van der Waals surface area contributed by atoms with Crippen LogP contribution in [0, 0.1) is 5.92 Å². The van der Waals surface area contributed by atoms with Gasteiger partial charge >= 0.3 is 0 Å². The average molecular weight is 183 g/mol. The molecular weight excluding hydrogens is 162 g/mol. The minimum Gasteiger partial charge on any atom is -0.356 e. The summed E-state index contributed by atoms with van der Waals surface area (Å²) in [4.78, 5) is 10.9. The maximum atomic E-state index is 10.9. The van der Waals surface area contributed by atoms with E-state index in [1.807, 2.05) is 0 Å². The molecule has 1 fully saturated rings. The van der Waals surface area contributed by atoms with Crippen molar-refractivity contribution in [2.24, 2.45) is 5.92 Å². The predicted octanol–water partition coefficient (Wildman–Crippen LogP) is 2.48. The van der Waals surface area contributed by atoms with Crippen molar-refractivity contribution >= 4 is 5.91 Å². The van der Waals surface area contributed by atoms with E-state index in [4.69, 9.17) is 0 Å². The van der Waals surface area contributed by atoms with E-state index in [1.165, 1.54) is 38.5 Å². The molecule has 1 heterocycles. The van der Waals surface area contributed by atoms with Gasteiger partial charge in [-0.15, -0.1) is 0 Å². The van der Waals surface area contributed by atoms with E-state index < -0.39 is 0 Å². The van der Waals surface area contributed by atoms with Crippen LogP contribution in [-0.4, -0.2) is 12.5 Å². The van der Waals surface area contributed by atoms with Crippen molar-refractivity contribution in [1.29, 1.82) is 0 Å².